The number of hydrogen-bond acceptors (Lipinski definition) is 3. The molecule has 0 radical (unpaired) electrons. The van der Waals surface area contributed by atoms with Crippen molar-refractivity contribution in [3.05, 3.63) is 23.8 Å². The maximum atomic E-state index is 5.73. The van der Waals surface area contributed by atoms with Crippen LogP contribution in [0.2, 0.25) is 0 Å². The van der Waals surface area contributed by atoms with Crippen molar-refractivity contribution in [3.63, 3.8) is 0 Å². The van der Waals surface area contributed by atoms with Gasteiger partial charge >= 0.3 is 0 Å². The lowest BCUT2D eigenvalue weighted by molar-refractivity contribution is 0.262. The van der Waals surface area contributed by atoms with Gasteiger partial charge < -0.3 is 15.2 Å². The number of ether oxygens (including phenoxy) is 2. The minimum atomic E-state index is 0.370. The van der Waals surface area contributed by atoms with E-state index in [0.29, 0.717) is 12.5 Å². The molecule has 0 bridgehead atoms. The fourth-order valence-corrected chi connectivity index (χ4v) is 1.92. The van der Waals surface area contributed by atoms with Crippen LogP contribution in [0.3, 0.4) is 0 Å². The molecule has 0 amide bonds. The van der Waals surface area contributed by atoms with Crippen molar-refractivity contribution in [2.24, 2.45) is 5.73 Å². The van der Waals surface area contributed by atoms with Gasteiger partial charge in [-0.2, -0.15) is 0 Å². The highest BCUT2D eigenvalue weighted by Crippen LogP contribution is 2.39. The van der Waals surface area contributed by atoms with E-state index in [2.05, 4.69) is 0 Å². The molecule has 1 unspecified atom stereocenters. The summed E-state index contributed by atoms with van der Waals surface area (Å²) >= 11 is 0. The van der Waals surface area contributed by atoms with E-state index in [1.54, 1.807) is 7.11 Å². The zero-order valence-corrected chi connectivity index (χ0v) is 8.32. The number of benzene rings is 1. The molecular weight excluding hydrogens is 178 g/mol. The molecule has 1 aliphatic rings. The number of fused-ring (bicyclic) bond motifs is 1. The van der Waals surface area contributed by atoms with E-state index in [1.807, 2.05) is 18.2 Å². The van der Waals surface area contributed by atoms with Crippen molar-refractivity contribution >= 4 is 0 Å². The van der Waals surface area contributed by atoms with Crippen LogP contribution in [0.15, 0.2) is 18.2 Å². The fourth-order valence-electron chi connectivity index (χ4n) is 1.92. The lowest BCUT2D eigenvalue weighted by atomic mass is 9.92. The van der Waals surface area contributed by atoms with Gasteiger partial charge in [-0.25, -0.2) is 0 Å². The van der Waals surface area contributed by atoms with E-state index in [4.69, 9.17) is 15.2 Å². The molecule has 2 N–H and O–H groups in total. The second-order valence-corrected chi connectivity index (χ2v) is 3.44. The Morgan fingerprint density at radius 3 is 3.14 bits per heavy atom. The van der Waals surface area contributed by atoms with Gasteiger partial charge in [0, 0.05) is 11.5 Å². The molecule has 0 fully saturated rings. The van der Waals surface area contributed by atoms with Crippen LogP contribution in [-0.4, -0.2) is 20.3 Å². The summed E-state index contributed by atoms with van der Waals surface area (Å²) in [6.45, 7) is 1.40. The Labute approximate surface area is 83.8 Å². The molecule has 0 saturated carbocycles. The van der Waals surface area contributed by atoms with Crippen LogP contribution in [0, 0.1) is 0 Å². The van der Waals surface area contributed by atoms with Crippen LogP contribution in [0.1, 0.15) is 17.9 Å². The molecule has 0 saturated heterocycles. The Kier molecular flexibility index (Phi) is 2.59. The van der Waals surface area contributed by atoms with Gasteiger partial charge in [0.25, 0.3) is 0 Å². The summed E-state index contributed by atoms with van der Waals surface area (Å²) in [5, 5.41) is 0. The molecule has 14 heavy (non-hydrogen) atoms. The molecule has 1 atom stereocenters. The van der Waals surface area contributed by atoms with Gasteiger partial charge in [0.05, 0.1) is 13.7 Å². The molecule has 1 heterocycles. The summed E-state index contributed by atoms with van der Waals surface area (Å²) in [6.07, 6.45) is 0.976. The van der Waals surface area contributed by atoms with Crippen molar-refractivity contribution in [1.29, 1.82) is 0 Å². The second kappa shape index (κ2) is 3.88. The minimum Gasteiger partial charge on any atom is -0.496 e. The molecule has 0 aliphatic carbocycles. The summed E-state index contributed by atoms with van der Waals surface area (Å²) in [5.74, 6) is 2.18. The molecule has 0 spiro atoms. The predicted molar refractivity (Wildman–Crippen MR) is 54.9 cm³/mol. The second-order valence-electron chi connectivity index (χ2n) is 3.44. The van der Waals surface area contributed by atoms with Gasteiger partial charge in [-0.15, -0.1) is 0 Å². The Morgan fingerprint density at radius 1 is 1.57 bits per heavy atom. The molecule has 2 rings (SSSR count). The molecular formula is C11H15NO2. The topological polar surface area (TPSA) is 44.5 Å². The Bertz CT molecular complexity index is 311. The van der Waals surface area contributed by atoms with Gasteiger partial charge in [-0.05, 0) is 25.1 Å². The Morgan fingerprint density at radius 2 is 2.43 bits per heavy atom. The highest BCUT2D eigenvalue weighted by molar-refractivity contribution is 5.48. The lowest BCUT2D eigenvalue weighted by Gasteiger charge is -2.26. The third kappa shape index (κ3) is 1.44. The van der Waals surface area contributed by atoms with Crippen molar-refractivity contribution < 1.29 is 9.47 Å². The highest BCUT2D eigenvalue weighted by atomic mass is 16.5. The standard InChI is InChI=1S/C11H15NO2/c1-13-9-3-2-4-10-11(9)8(7-12)5-6-14-10/h2-4,8H,5-7,12H2,1H3. The summed E-state index contributed by atoms with van der Waals surface area (Å²) in [4.78, 5) is 0. The van der Waals surface area contributed by atoms with Gasteiger partial charge in [-0.3, -0.25) is 0 Å². The van der Waals surface area contributed by atoms with E-state index in [0.717, 1.165) is 30.1 Å². The summed E-state index contributed by atoms with van der Waals surface area (Å²) in [6, 6.07) is 5.87. The van der Waals surface area contributed by atoms with Crippen molar-refractivity contribution in [2.45, 2.75) is 12.3 Å². The van der Waals surface area contributed by atoms with E-state index in [-0.39, 0.29) is 0 Å². The fraction of sp³-hybridized carbons (Fsp3) is 0.455. The first kappa shape index (κ1) is 9.34. The van der Waals surface area contributed by atoms with Crippen LogP contribution >= 0.6 is 0 Å². The summed E-state index contributed by atoms with van der Waals surface area (Å²) in [7, 11) is 1.68. The first-order valence-electron chi connectivity index (χ1n) is 4.86. The summed E-state index contributed by atoms with van der Waals surface area (Å²) < 4.78 is 10.9. The molecule has 1 aromatic rings. The smallest absolute Gasteiger partial charge is 0.126 e. The minimum absolute atomic E-state index is 0.370. The molecule has 3 heteroatoms. The number of nitrogens with two attached hydrogens (primary N) is 1. The van der Waals surface area contributed by atoms with Gasteiger partial charge in [-0.1, -0.05) is 6.07 Å². The van der Waals surface area contributed by atoms with Crippen molar-refractivity contribution in [2.75, 3.05) is 20.3 Å². The van der Waals surface area contributed by atoms with E-state index in [9.17, 15) is 0 Å². The highest BCUT2D eigenvalue weighted by Gasteiger charge is 2.23. The maximum Gasteiger partial charge on any atom is 0.126 e. The molecule has 0 aromatic heterocycles. The molecule has 1 aliphatic heterocycles. The van der Waals surface area contributed by atoms with Gasteiger partial charge in [0.2, 0.25) is 0 Å². The normalized spacial score (nSPS) is 19.7. The lowest BCUT2D eigenvalue weighted by Crippen LogP contribution is -2.21. The van der Waals surface area contributed by atoms with Crippen molar-refractivity contribution in [3.8, 4) is 11.5 Å². The maximum absolute atomic E-state index is 5.73. The largest absolute Gasteiger partial charge is 0.496 e. The number of methoxy groups -OCH3 is 1. The van der Waals surface area contributed by atoms with Crippen LogP contribution in [-0.2, 0) is 0 Å². The molecule has 3 nitrogen and oxygen atoms in total. The predicted octanol–water partition coefficient (Wildman–Crippen LogP) is 1.52. The zero-order chi connectivity index (χ0) is 9.97. The number of hydrogen-bond donors (Lipinski definition) is 1. The Balaban J connectivity index is 2.46. The van der Waals surface area contributed by atoms with Crippen LogP contribution in [0.4, 0.5) is 0 Å². The zero-order valence-electron chi connectivity index (χ0n) is 8.32. The van der Waals surface area contributed by atoms with Gasteiger partial charge in [0.1, 0.15) is 11.5 Å². The first-order chi connectivity index (χ1) is 6.86. The van der Waals surface area contributed by atoms with E-state index >= 15 is 0 Å². The number of rotatable bonds is 2. The monoisotopic (exact) mass is 193 g/mol. The third-order valence-corrected chi connectivity index (χ3v) is 2.66. The molecule has 76 valence electrons. The van der Waals surface area contributed by atoms with Gasteiger partial charge in [0.15, 0.2) is 0 Å². The Hall–Kier alpha value is -1.22. The van der Waals surface area contributed by atoms with E-state index in [1.165, 1.54) is 0 Å². The third-order valence-electron chi connectivity index (χ3n) is 2.66. The van der Waals surface area contributed by atoms with Crippen LogP contribution < -0.4 is 15.2 Å². The quantitative estimate of drug-likeness (QED) is 0.774. The SMILES string of the molecule is COc1cccc2c1C(CN)CCO2. The average molecular weight is 193 g/mol. The first-order valence-corrected chi connectivity index (χ1v) is 4.86. The van der Waals surface area contributed by atoms with Crippen LogP contribution in [0.25, 0.3) is 0 Å². The average Bonchev–Trinajstić information content (AvgIpc) is 2.27. The van der Waals surface area contributed by atoms with Crippen LogP contribution in [0.5, 0.6) is 11.5 Å². The summed E-state index contributed by atoms with van der Waals surface area (Å²) in [5.41, 5.74) is 6.86. The molecule has 1 aromatic carbocycles. The van der Waals surface area contributed by atoms with E-state index < -0.39 is 0 Å². The van der Waals surface area contributed by atoms with Crippen molar-refractivity contribution in [1.82, 2.24) is 0 Å².